The maximum Gasteiger partial charge on any atom is 0.198 e. The normalized spacial score (nSPS) is 24.8. The summed E-state index contributed by atoms with van der Waals surface area (Å²) < 4.78 is 0. The summed E-state index contributed by atoms with van der Waals surface area (Å²) >= 11 is 0. The summed E-state index contributed by atoms with van der Waals surface area (Å²) in [4.78, 5) is 2.28. The zero-order valence-corrected chi connectivity index (χ0v) is 27.7. The van der Waals surface area contributed by atoms with Crippen LogP contribution in [0.2, 0.25) is 6.82 Å². The highest BCUT2D eigenvalue weighted by atomic mass is 15.0. The zero-order chi connectivity index (χ0) is 30.5. The van der Waals surface area contributed by atoms with Gasteiger partial charge < -0.3 is 16.0 Å². The predicted octanol–water partition coefficient (Wildman–Crippen LogP) is 7.89. The lowest BCUT2D eigenvalue weighted by atomic mass is 9.43. The fourth-order valence-electron chi connectivity index (χ4n) is 7.64. The average Bonchev–Trinajstić information content (AvgIpc) is 2.87. The van der Waals surface area contributed by atoms with E-state index in [1.165, 1.54) is 72.7 Å². The molecule has 4 rings (SSSR count). The van der Waals surface area contributed by atoms with Gasteiger partial charge in [0.1, 0.15) is 0 Å². The minimum Gasteiger partial charge on any atom is -0.382 e. The second-order valence-corrected chi connectivity index (χ2v) is 15.3. The van der Waals surface area contributed by atoms with Crippen LogP contribution in [-0.2, 0) is 19.3 Å². The Morgan fingerprint density at radius 2 is 1.83 bits per heavy atom. The monoisotopic (exact) mass is 567 g/mol. The molecule has 4 heteroatoms. The van der Waals surface area contributed by atoms with E-state index in [1.54, 1.807) is 5.56 Å². The third-order valence-electron chi connectivity index (χ3n) is 9.88. The lowest BCUT2D eigenvalue weighted by molar-refractivity contribution is -0.0460. The summed E-state index contributed by atoms with van der Waals surface area (Å²) in [5, 5.41) is 3.79. The lowest BCUT2D eigenvalue weighted by Crippen LogP contribution is -2.55. The van der Waals surface area contributed by atoms with Crippen molar-refractivity contribution in [2.45, 2.75) is 97.8 Å². The summed E-state index contributed by atoms with van der Waals surface area (Å²) in [6.07, 6.45) is 18.8. The molecule has 2 aliphatic carbocycles. The summed E-state index contributed by atoms with van der Waals surface area (Å²) in [6.45, 7) is 20.1. The molecule has 1 aromatic rings. The van der Waals surface area contributed by atoms with Gasteiger partial charge in [-0.15, -0.1) is 5.98 Å². The van der Waals surface area contributed by atoms with Crippen molar-refractivity contribution in [3.63, 3.8) is 0 Å². The van der Waals surface area contributed by atoms with Crippen molar-refractivity contribution in [1.82, 2.24) is 10.2 Å². The topological polar surface area (TPSA) is 41.3 Å². The van der Waals surface area contributed by atoms with Gasteiger partial charge in [0.2, 0.25) is 0 Å². The number of aryl methyl sites for hydroxylation is 1. The van der Waals surface area contributed by atoms with E-state index in [0.29, 0.717) is 23.6 Å². The Hall–Kier alpha value is -2.30. The maximum absolute atomic E-state index is 5.97. The van der Waals surface area contributed by atoms with Crippen LogP contribution in [0.1, 0.15) is 82.4 Å². The molecule has 228 valence electrons. The molecule has 0 atom stereocenters. The number of benzene rings is 1. The van der Waals surface area contributed by atoms with E-state index in [1.807, 2.05) is 6.08 Å². The molecular weight excluding hydrogens is 509 g/mol. The van der Waals surface area contributed by atoms with Gasteiger partial charge in [-0.3, -0.25) is 0 Å². The number of rotatable bonds is 14. The van der Waals surface area contributed by atoms with E-state index in [0.717, 1.165) is 44.0 Å². The fourth-order valence-corrected chi connectivity index (χ4v) is 7.64. The highest BCUT2D eigenvalue weighted by Gasteiger charge is 2.52. The molecule has 3 N–H and O–H groups in total. The van der Waals surface area contributed by atoms with Crippen LogP contribution >= 0.6 is 0 Å². The molecular formula is C38H58BN3. The highest BCUT2D eigenvalue weighted by molar-refractivity contribution is 6.72. The van der Waals surface area contributed by atoms with Gasteiger partial charge in [-0.1, -0.05) is 88.2 Å². The third kappa shape index (κ3) is 8.63. The predicted molar refractivity (Wildman–Crippen MR) is 185 cm³/mol. The van der Waals surface area contributed by atoms with Gasteiger partial charge in [0, 0.05) is 11.7 Å². The molecule has 2 saturated carbocycles. The van der Waals surface area contributed by atoms with Crippen LogP contribution < -0.4 is 11.1 Å². The molecule has 0 amide bonds. The first kappa shape index (κ1) is 32.6. The molecule has 2 fully saturated rings. The first-order valence-electron chi connectivity index (χ1n) is 16.6. The van der Waals surface area contributed by atoms with Crippen molar-refractivity contribution in [3.05, 3.63) is 94.6 Å². The minimum atomic E-state index is 0.364. The third-order valence-corrected chi connectivity index (χ3v) is 9.88. The van der Waals surface area contributed by atoms with Crippen LogP contribution in [-0.4, -0.2) is 44.8 Å². The summed E-state index contributed by atoms with van der Waals surface area (Å²) in [5.74, 6) is 3.24. The zero-order valence-electron chi connectivity index (χ0n) is 27.7. The van der Waals surface area contributed by atoms with E-state index in [-0.39, 0.29) is 0 Å². The molecule has 0 aromatic heterocycles. The van der Waals surface area contributed by atoms with Crippen molar-refractivity contribution in [3.8, 4) is 0 Å². The average molecular weight is 568 g/mol. The van der Waals surface area contributed by atoms with Gasteiger partial charge in [-0.25, -0.2) is 0 Å². The molecule has 1 heterocycles. The van der Waals surface area contributed by atoms with Crippen molar-refractivity contribution < 1.29 is 0 Å². The molecule has 0 radical (unpaired) electrons. The molecule has 42 heavy (non-hydrogen) atoms. The second kappa shape index (κ2) is 14.0. The summed E-state index contributed by atoms with van der Waals surface area (Å²) in [6, 6.07) is 7.71. The standard InChI is InChI=1S/C38H58BN3/c1-9-35(36-15-13-30(27-39(36)6)16-18-37(3,4)5)28(2)41-34-25-38(26-34)23-31(24-38)22-33-21-29(11-10-20-42(7)8)12-14-32(33)17-19-40/h9,12-15,21,27,31,34,41H,1-2,10-11,16-20,22-26,40H2,3-8H3/b36-35+. The largest absolute Gasteiger partial charge is 0.382 e. The van der Waals surface area contributed by atoms with Gasteiger partial charge in [0.15, 0.2) is 6.71 Å². The number of hydrogen-bond acceptors (Lipinski definition) is 3. The van der Waals surface area contributed by atoms with Gasteiger partial charge in [0.05, 0.1) is 0 Å². The Labute approximate surface area is 258 Å². The van der Waals surface area contributed by atoms with Crippen LogP contribution in [0, 0.1) is 16.7 Å². The maximum atomic E-state index is 5.97. The Bertz CT molecular complexity index is 1200. The Balaban J connectivity index is 1.27. The van der Waals surface area contributed by atoms with Gasteiger partial charge in [-0.05, 0) is 130 Å². The minimum absolute atomic E-state index is 0.364. The quantitative estimate of drug-likeness (QED) is 0.225. The molecule has 0 unspecified atom stereocenters. The molecule has 3 nitrogen and oxygen atoms in total. The Morgan fingerprint density at radius 1 is 1.10 bits per heavy atom. The molecule has 0 saturated heterocycles. The van der Waals surface area contributed by atoms with Gasteiger partial charge in [0.25, 0.3) is 0 Å². The first-order chi connectivity index (χ1) is 19.9. The van der Waals surface area contributed by atoms with Crippen molar-refractivity contribution in [1.29, 1.82) is 0 Å². The molecule has 1 aliphatic heterocycles. The Morgan fingerprint density at radius 3 is 2.45 bits per heavy atom. The van der Waals surface area contributed by atoms with E-state index in [2.05, 4.69) is 101 Å². The van der Waals surface area contributed by atoms with E-state index in [9.17, 15) is 0 Å². The van der Waals surface area contributed by atoms with Crippen LogP contribution in [0.25, 0.3) is 0 Å². The number of nitrogens with zero attached hydrogens (tertiary/aromatic N) is 1. The summed E-state index contributed by atoms with van der Waals surface area (Å²) in [7, 11) is 4.31. The first-order valence-corrected chi connectivity index (χ1v) is 16.6. The molecule has 1 aromatic carbocycles. The highest BCUT2D eigenvalue weighted by Crippen LogP contribution is 2.59. The fraction of sp³-hybridized carbons (Fsp3) is 0.579. The number of nitrogens with two attached hydrogens (primary N) is 1. The van der Waals surface area contributed by atoms with Crippen LogP contribution in [0.5, 0.6) is 0 Å². The number of nitrogens with one attached hydrogen (secondary N) is 1. The number of hydrogen-bond donors (Lipinski definition) is 2. The van der Waals surface area contributed by atoms with E-state index in [4.69, 9.17) is 5.73 Å². The van der Waals surface area contributed by atoms with Crippen molar-refractivity contribution in [2.75, 3.05) is 27.2 Å². The Kier molecular flexibility index (Phi) is 10.9. The van der Waals surface area contributed by atoms with Crippen LogP contribution in [0.15, 0.2) is 77.9 Å². The van der Waals surface area contributed by atoms with E-state index < -0.39 is 0 Å². The van der Waals surface area contributed by atoms with Crippen LogP contribution in [0.3, 0.4) is 0 Å². The molecule has 1 spiro atoms. The van der Waals surface area contributed by atoms with Gasteiger partial charge >= 0.3 is 0 Å². The number of allylic oxidation sites excluding steroid dienone is 5. The lowest BCUT2D eigenvalue weighted by Gasteiger charge is -2.58. The molecule has 3 aliphatic rings. The SMILES string of the molecule is C=C/C(C(=C)NC1CC2(CC(Cc3cc(CCCN(C)C)ccc3CCN)C2)C1)=C1/C=CC(CCC(C)(C)C)=CB1C. The summed E-state index contributed by atoms with van der Waals surface area (Å²) in [5.41, 5.74) is 16.4. The van der Waals surface area contributed by atoms with Gasteiger partial charge in [-0.2, -0.15) is 0 Å². The van der Waals surface area contributed by atoms with Crippen molar-refractivity contribution >= 4 is 6.71 Å². The molecule has 0 bridgehead atoms. The second-order valence-electron chi connectivity index (χ2n) is 15.3. The van der Waals surface area contributed by atoms with Crippen LogP contribution in [0.4, 0.5) is 0 Å². The van der Waals surface area contributed by atoms with E-state index >= 15 is 0 Å². The smallest absolute Gasteiger partial charge is 0.198 e. The van der Waals surface area contributed by atoms with Crippen molar-refractivity contribution in [2.24, 2.45) is 22.5 Å².